The molecule has 1 heterocycles. The smallest absolute Gasteiger partial charge is 0.342 e. The molecule has 0 aliphatic carbocycles. The number of aromatic nitrogens is 1. The number of carbonyl (C=O) groups excluding carboxylic acids is 2. The molecule has 0 saturated carbocycles. The van der Waals surface area contributed by atoms with Crippen LogP contribution in [0.25, 0.3) is 0 Å². The van der Waals surface area contributed by atoms with Gasteiger partial charge < -0.3 is 23.5 Å². The molecule has 2 rings (SSSR count). The fourth-order valence-corrected chi connectivity index (χ4v) is 2.33. The van der Waals surface area contributed by atoms with Crippen LogP contribution >= 0.6 is 0 Å². The number of rotatable bonds is 7. The van der Waals surface area contributed by atoms with Gasteiger partial charge in [0.15, 0.2) is 18.1 Å². The largest absolute Gasteiger partial charge is 0.493 e. The van der Waals surface area contributed by atoms with Crippen molar-refractivity contribution in [3.8, 4) is 17.2 Å². The third-order valence-electron chi connectivity index (χ3n) is 3.80. The Morgan fingerprint density at radius 2 is 1.75 bits per heavy atom. The summed E-state index contributed by atoms with van der Waals surface area (Å²) in [6.07, 6.45) is 0. The Morgan fingerprint density at radius 1 is 1.07 bits per heavy atom. The van der Waals surface area contributed by atoms with Crippen molar-refractivity contribution in [3.63, 3.8) is 0 Å². The number of nitrogens with one attached hydrogen (secondary N) is 1. The third kappa shape index (κ3) is 4.73. The van der Waals surface area contributed by atoms with Gasteiger partial charge in [-0.1, -0.05) is 25.9 Å². The van der Waals surface area contributed by atoms with E-state index in [4.69, 9.17) is 23.5 Å². The second kappa shape index (κ2) is 8.64. The molecule has 28 heavy (non-hydrogen) atoms. The molecule has 2 aromatic rings. The van der Waals surface area contributed by atoms with Gasteiger partial charge in [0.1, 0.15) is 5.56 Å². The van der Waals surface area contributed by atoms with E-state index in [9.17, 15) is 9.59 Å². The van der Waals surface area contributed by atoms with E-state index in [1.165, 1.54) is 27.4 Å². The van der Waals surface area contributed by atoms with Crippen LogP contribution in [0.4, 0.5) is 5.88 Å². The Hall–Kier alpha value is -3.23. The van der Waals surface area contributed by atoms with Crippen molar-refractivity contribution in [2.24, 2.45) is 0 Å². The highest BCUT2D eigenvalue weighted by molar-refractivity contribution is 5.97. The number of carbonyl (C=O) groups is 2. The van der Waals surface area contributed by atoms with Crippen molar-refractivity contribution in [1.82, 2.24) is 5.16 Å². The van der Waals surface area contributed by atoms with E-state index in [2.05, 4.69) is 10.5 Å². The molecule has 1 amide bonds. The second-order valence-electron chi connectivity index (χ2n) is 6.83. The van der Waals surface area contributed by atoms with Gasteiger partial charge in [-0.25, -0.2) is 4.79 Å². The minimum Gasteiger partial charge on any atom is -0.493 e. The van der Waals surface area contributed by atoms with Crippen LogP contribution in [0, 0.1) is 0 Å². The first-order valence-corrected chi connectivity index (χ1v) is 8.44. The standard InChI is InChI=1S/C19H24N2O7/c1-19(2,3)13-9-15(28-21-13)20-14(22)10-27-18(23)11-7-8-12(24-4)17(26-6)16(11)25-5/h7-9H,10H2,1-6H3,(H,20,22). The van der Waals surface area contributed by atoms with Crippen LogP contribution in [0.15, 0.2) is 22.7 Å². The summed E-state index contributed by atoms with van der Waals surface area (Å²) in [5.74, 6) is -0.342. The normalized spacial score (nSPS) is 10.9. The molecule has 1 aromatic heterocycles. The Balaban J connectivity index is 2.04. The topological polar surface area (TPSA) is 109 Å². The lowest BCUT2D eigenvalue weighted by molar-refractivity contribution is -0.119. The lowest BCUT2D eigenvalue weighted by atomic mass is 9.92. The predicted octanol–water partition coefficient (Wildman–Crippen LogP) is 2.79. The van der Waals surface area contributed by atoms with E-state index in [-0.39, 0.29) is 28.4 Å². The maximum absolute atomic E-state index is 12.4. The van der Waals surface area contributed by atoms with Gasteiger partial charge in [0.25, 0.3) is 5.91 Å². The molecule has 1 N–H and O–H groups in total. The molecule has 0 radical (unpaired) electrons. The molecule has 9 heteroatoms. The van der Waals surface area contributed by atoms with E-state index in [0.29, 0.717) is 11.4 Å². The first-order chi connectivity index (χ1) is 13.2. The van der Waals surface area contributed by atoms with Gasteiger partial charge in [0, 0.05) is 11.5 Å². The van der Waals surface area contributed by atoms with Crippen LogP contribution in [-0.4, -0.2) is 45.0 Å². The summed E-state index contributed by atoms with van der Waals surface area (Å²) in [6, 6.07) is 4.63. The van der Waals surface area contributed by atoms with Crippen LogP contribution in [0.3, 0.4) is 0 Å². The van der Waals surface area contributed by atoms with Crippen molar-refractivity contribution in [2.75, 3.05) is 33.3 Å². The molecule has 1 aromatic carbocycles. The zero-order chi connectivity index (χ0) is 20.9. The minimum absolute atomic E-state index is 0.0997. The van der Waals surface area contributed by atoms with Crippen LogP contribution in [-0.2, 0) is 14.9 Å². The number of hydrogen-bond acceptors (Lipinski definition) is 8. The average molecular weight is 392 g/mol. The molecule has 0 unspecified atom stereocenters. The number of anilines is 1. The Bertz CT molecular complexity index is 852. The molecule has 9 nitrogen and oxygen atoms in total. The van der Waals surface area contributed by atoms with E-state index in [1.807, 2.05) is 20.8 Å². The summed E-state index contributed by atoms with van der Waals surface area (Å²) in [5.41, 5.74) is 0.570. The molecule has 0 aliphatic heterocycles. The quantitative estimate of drug-likeness (QED) is 0.717. The zero-order valence-electron chi connectivity index (χ0n) is 16.7. The molecule has 152 valence electrons. The molecular weight excluding hydrogens is 368 g/mol. The van der Waals surface area contributed by atoms with Crippen LogP contribution in [0.2, 0.25) is 0 Å². The Labute approximate surface area is 162 Å². The SMILES string of the molecule is COc1ccc(C(=O)OCC(=O)Nc2cc(C(C)(C)C)no2)c(OC)c1OC. The van der Waals surface area contributed by atoms with Gasteiger partial charge in [0.05, 0.1) is 27.0 Å². The molecular formula is C19H24N2O7. The number of benzene rings is 1. The second-order valence-corrected chi connectivity index (χ2v) is 6.83. The van der Waals surface area contributed by atoms with E-state index >= 15 is 0 Å². The average Bonchev–Trinajstić information content (AvgIpc) is 3.13. The molecule has 0 atom stereocenters. The summed E-state index contributed by atoms with van der Waals surface area (Å²) >= 11 is 0. The Morgan fingerprint density at radius 3 is 2.29 bits per heavy atom. The van der Waals surface area contributed by atoms with Crippen LogP contribution in [0.1, 0.15) is 36.8 Å². The van der Waals surface area contributed by atoms with Crippen molar-refractivity contribution >= 4 is 17.8 Å². The molecule has 0 aliphatic rings. The van der Waals surface area contributed by atoms with Gasteiger partial charge >= 0.3 is 5.97 Å². The summed E-state index contributed by atoms with van der Waals surface area (Å²) in [6.45, 7) is 5.39. The van der Waals surface area contributed by atoms with Crippen molar-refractivity contribution < 1.29 is 33.1 Å². The van der Waals surface area contributed by atoms with E-state index < -0.39 is 18.5 Å². The van der Waals surface area contributed by atoms with Gasteiger partial charge in [-0.2, -0.15) is 0 Å². The lowest BCUT2D eigenvalue weighted by Gasteiger charge is -2.15. The summed E-state index contributed by atoms with van der Waals surface area (Å²) in [7, 11) is 4.28. The maximum Gasteiger partial charge on any atom is 0.342 e. The van der Waals surface area contributed by atoms with Crippen LogP contribution < -0.4 is 19.5 Å². The fraction of sp³-hybridized carbons (Fsp3) is 0.421. The minimum atomic E-state index is -0.749. The number of esters is 1. The highest BCUT2D eigenvalue weighted by Crippen LogP contribution is 2.39. The van der Waals surface area contributed by atoms with E-state index in [1.54, 1.807) is 12.1 Å². The van der Waals surface area contributed by atoms with Crippen LogP contribution in [0.5, 0.6) is 17.2 Å². The molecule has 0 bridgehead atoms. The van der Waals surface area contributed by atoms with Crippen molar-refractivity contribution in [2.45, 2.75) is 26.2 Å². The fourth-order valence-electron chi connectivity index (χ4n) is 2.33. The highest BCUT2D eigenvalue weighted by atomic mass is 16.5. The summed E-state index contributed by atoms with van der Waals surface area (Å²) < 4.78 is 25.8. The first kappa shape index (κ1) is 21.1. The molecule has 0 spiro atoms. The summed E-state index contributed by atoms with van der Waals surface area (Å²) in [5, 5.41) is 6.39. The highest BCUT2D eigenvalue weighted by Gasteiger charge is 2.23. The number of amides is 1. The molecule has 0 saturated heterocycles. The number of methoxy groups -OCH3 is 3. The summed E-state index contributed by atoms with van der Waals surface area (Å²) in [4.78, 5) is 24.4. The molecule has 0 fully saturated rings. The van der Waals surface area contributed by atoms with Gasteiger partial charge in [-0.15, -0.1) is 0 Å². The van der Waals surface area contributed by atoms with Crippen molar-refractivity contribution in [1.29, 1.82) is 0 Å². The number of ether oxygens (including phenoxy) is 4. The van der Waals surface area contributed by atoms with Gasteiger partial charge in [-0.3, -0.25) is 10.1 Å². The van der Waals surface area contributed by atoms with Gasteiger partial charge in [-0.05, 0) is 12.1 Å². The van der Waals surface area contributed by atoms with E-state index in [0.717, 1.165) is 0 Å². The first-order valence-electron chi connectivity index (χ1n) is 8.44. The third-order valence-corrected chi connectivity index (χ3v) is 3.80. The maximum atomic E-state index is 12.4. The van der Waals surface area contributed by atoms with Crippen molar-refractivity contribution in [3.05, 3.63) is 29.5 Å². The number of nitrogens with zero attached hydrogens (tertiary/aromatic N) is 1. The number of hydrogen-bond donors (Lipinski definition) is 1. The predicted molar refractivity (Wildman–Crippen MR) is 100 cm³/mol. The monoisotopic (exact) mass is 392 g/mol. The van der Waals surface area contributed by atoms with Gasteiger partial charge in [0.2, 0.25) is 11.6 Å². The Kier molecular flexibility index (Phi) is 6.50. The zero-order valence-corrected chi connectivity index (χ0v) is 16.7. The lowest BCUT2D eigenvalue weighted by Crippen LogP contribution is -2.21.